The number of rotatable bonds is 4. The molecule has 0 saturated heterocycles. The van der Waals surface area contributed by atoms with Crippen molar-refractivity contribution in [2.75, 3.05) is 18.5 Å². The summed E-state index contributed by atoms with van der Waals surface area (Å²) < 4.78 is 0. The van der Waals surface area contributed by atoms with Gasteiger partial charge in [0.05, 0.1) is 16.6 Å². The number of hydrogen-bond donors (Lipinski definition) is 1. The minimum atomic E-state index is -0.403. The lowest BCUT2D eigenvalue weighted by molar-refractivity contribution is -0.384. The maximum atomic E-state index is 11.2. The zero-order valence-electron chi connectivity index (χ0n) is 11.5. The van der Waals surface area contributed by atoms with Crippen LogP contribution < -0.4 is 10.6 Å². The zero-order chi connectivity index (χ0) is 14.7. The van der Waals surface area contributed by atoms with Crippen LogP contribution in [0.25, 0.3) is 0 Å². The van der Waals surface area contributed by atoms with Crippen LogP contribution in [-0.2, 0) is 0 Å². The van der Waals surface area contributed by atoms with E-state index in [1.54, 1.807) is 6.07 Å². The summed E-state index contributed by atoms with van der Waals surface area (Å²) >= 11 is 0. The highest BCUT2D eigenvalue weighted by Gasteiger charge is 2.32. The molecule has 1 saturated carbocycles. The summed E-state index contributed by atoms with van der Waals surface area (Å²) in [6, 6.07) is 6.70. The highest BCUT2D eigenvalue weighted by Crippen LogP contribution is 2.36. The normalized spacial score (nSPS) is 21.4. The van der Waals surface area contributed by atoms with Gasteiger partial charge < -0.3 is 10.6 Å². The topological polar surface area (TPSA) is 96.2 Å². The van der Waals surface area contributed by atoms with Gasteiger partial charge in [0.25, 0.3) is 5.69 Å². The summed E-state index contributed by atoms with van der Waals surface area (Å²) in [4.78, 5) is 12.7. The number of nitrogens with zero attached hydrogens (tertiary/aromatic N) is 3. The first-order chi connectivity index (χ1) is 9.58. The van der Waals surface area contributed by atoms with Crippen LogP contribution in [0.2, 0.25) is 0 Å². The SMILES string of the molecule is CN(c1cc(C#N)ccc1[N+](=O)[O-])C1CCCC1CN. The highest BCUT2D eigenvalue weighted by atomic mass is 16.6. The van der Waals surface area contributed by atoms with E-state index in [1.165, 1.54) is 12.1 Å². The van der Waals surface area contributed by atoms with Gasteiger partial charge in [0, 0.05) is 19.2 Å². The van der Waals surface area contributed by atoms with E-state index >= 15 is 0 Å². The van der Waals surface area contributed by atoms with E-state index in [1.807, 2.05) is 18.0 Å². The first kappa shape index (κ1) is 14.3. The van der Waals surface area contributed by atoms with Crippen LogP contribution in [0.4, 0.5) is 11.4 Å². The molecule has 0 spiro atoms. The van der Waals surface area contributed by atoms with Crippen LogP contribution in [0.3, 0.4) is 0 Å². The standard InChI is InChI=1S/C14H18N4O2/c1-17(12-4-2-3-11(12)9-16)14-7-10(8-15)5-6-13(14)18(19)20/h5-7,11-12H,2-4,9,16H2,1H3. The molecule has 2 unspecified atom stereocenters. The fraction of sp³-hybridized carbons (Fsp3) is 0.500. The maximum absolute atomic E-state index is 11.2. The maximum Gasteiger partial charge on any atom is 0.292 e. The number of nitriles is 1. The molecule has 0 aromatic heterocycles. The van der Waals surface area contributed by atoms with Crippen LogP contribution in [0.1, 0.15) is 24.8 Å². The Labute approximate surface area is 117 Å². The van der Waals surface area contributed by atoms with Crippen molar-refractivity contribution in [3.05, 3.63) is 33.9 Å². The van der Waals surface area contributed by atoms with Gasteiger partial charge in [0.15, 0.2) is 0 Å². The number of nitro groups is 1. The molecular weight excluding hydrogens is 256 g/mol. The number of nitrogens with two attached hydrogens (primary N) is 1. The van der Waals surface area contributed by atoms with Gasteiger partial charge in [-0.1, -0.05) is 6.42 Å². The minimum Gasteiger partial charge on any atom is -0.366 e. The van der Waals surface area contributed by atoms with Crippen molar-refractivity contribution in [2.24, 2.45) is 11.7 Å². The van der Waals surface area contributed by atoms with Crippen molar-refractivity contribution in [3.8, 4) is 6.07 Å². The van der Waals surface area contributed by atoms with Crippen LogP contribution >= 0.6 is 0 Å². The predicted octanol–water partition coefficient (Wildman–Crippen LogP) is 2.03. The largest absolute Gasteiger partial charge is 0.366 e. The number of hydrogen-bond acceptors (Lipinski definition) is 5. The number of nitro benzene ring substituents is 1. The Bertz CT molecular complexity index is 553. The molecule has 6 nitrogen and oxygen atoms in total. The average Bonchev–Trinajstić information content (AvgIpc) is 2.94. The van der Waals surface area contributed by atoms with Gasteiger partial charge in [-0.3, -0.25) is 10.1 Å². The molecule has 2 N–H and O–H groups in total. The van der Waals surface area contributed by atoms with Crippen molar-refractivity contribution >= 4 is 11.4 Å². The second kappa shape index (κ2) is 5.88. The summed E-state index contributed by atoms with van der Waals surface area (Å²) in [5, 5.41) is 20.1. The average molecular weight is 274 g/mol. The van der Waals surface area contributed by atoms with E-state index in [9.17, 15) is 10.1 Å². The Kier molecular flexibility index (Phi) is 4.20. The van der Waals surface area contributed by atoms with Gasteiger partial charge in [0.2, 0.25) is 0 Å². The molecule has 1 aliphatic carbocycles. The van der Waals surface area contributed by atoms with E-state index < -0.39 is 4.92 Å². The lowest BCUT2D eigenvalue weighted by Crippen LogP contribution is -2.38. The van der Waals surface area contributed by atoms with Crippen LogP contribution in [0.5, 0.6) is 0 Å². The summed E-state index contributed by atoms with van der Waals surface area (Å²) in [5.74, 6) is 0.352. The molecule has 6 heteroatoms. The number of benzene rings is 1. The van der Waals surface area contributed by atoms with E-state index in [0.717, 1.165) is 19.3 Å². The Balaban J connectivity index is 2.39. The summed E-state index contributed by atoms with van der Waals surface area (Å²) in [6.07, 6.45) is 3.12. The Hall–Kier alpha value is -2.13. The predicted molar refractivity (Wildman–Crippen MR) is 76.4 cm³/mol. The van der Waals surface area contributed by atoms with E-state index in [2.05, 4.69) is 0 Å². The second-order valence-corrected chi connectivity index (χ2v) is 5.18. The molecule has 1 fully saturated rings. The van der Waals surface area contributed by atoms with Crippen molar-refractivity contribution in [3.63, 3.8) is 0 Å². The van der Waals surface area contributed by atoms with Crippen molar-refractivity contribution in [2.45, 2.75) is 25.3 Å². The third kappa shape index (κ3) is 2.58. The monoisotopic (exact) mass is 274 g/mol. The minimum absolute atomic E-state index is 0.0363. The molecule has 1 aromatic rings. The molecule has 0 amide bonds. The van der Waals surface area contributed by atoms with Crippen molar-refractivity contribution in [1.29, 1.82) is 5.26 Å². The fourth-order valence-corrected chi connectivity index (χ4v) is 3.01. The van der Waals surface area contributed by atoms with Crippen molar-refractivity contribution < 1.29 is 4.92 Å². The Morgan fingerprint density at radius 2 is 2.30 bits per heavy atom. The molecule has 2 atom stereocenters. The zero-order valence-corrected chi connectivity index (χ0v) is 11.5. The smallest absolute Gasteiger partial charge is 0.292 e. The molecule has 1 aliphatic rings. The number of anilines is 1. The Morgan fingerprint density at radius 1 is 1.55 bits per heavy atom. The molecule has 0 aliphatic heterocycles. The lowest BCUT2D eigenvalue weighted by atomic mass is 10.0. The third-order valence-electron chi connectivity index (χ3n) is 4.10. The highest BCUT2D eigenvalue weighted by molar-refractivity contribution is 5.66. The Morgan fingerprint density at radius 3 is 2.90 bits per heavy atom. The van der Waals surface area contributed by atoms with E-state index in [0.29, 0.717) is 23.7 Å². The first-order valence-electron chi connectivity index (χ1n) is 6.70. The second-order valence-electron chi connectivity index (χ2n) is 5.18. The van der Waals surface area contributed by atoms with Crippen LogP contribution in [-0.4, -0.2) is 24.6 Å². The summed E-state index contributed by atoms with van der Waals surface area (Å²) in [5.41, 5.74) is 6.75. The summed E-state index contributed by atoms with van der Waals surface area (Å²) in [6.45, 7) is 0.584. The van der Waals surface area contributed by atoms with E-state index in [4.69, 9.17) is 11.0 Å². The fourth-order valence-electron chi connectivity index (χ4n) is 3.01. The van der Waals surface area contributed by atoms with Crippen molar-refractivity contribution in [1.82, 2.24) is 0 Å². The van der Waals surface area contributed by atoms with Gasteiger partial charge in [-0.15, -0.1) is 0 Å². The molecule has 0 heterocycles. The summed E-state index contributed by atoms with van der Waals surface area (Å²) in [7, 11) is 1.85. The van der Waals surface area contributed by atoms with Crippen LogP contribution in [0.15, 0.2) is 18.2 Å². The molecule has 2 rings (SSSR count). The van der Waals surface area contributed by atoms with E-state index in [-0.39, 0.29) is 11.7 Å². The van der Waals surface area contributed by atoms with Gasteiger partial charge in [-0.2, -0.15) is 5.26 Å². The van der Waals surface area contributed by atoms with Gasteiger partial charge >= 0.3 is 0 Å². The molecular formula is C14H18N4O2. The van der Waals surface area contributed by atoms with Gasteiger partial charge in [-0.05, 0) is 37.4 Å². The first-order valence-corrected chi connectivity index (χ1v) is 6.70. The molecule has 1 aromatic carbocycles. The molecule has 106 valence electrons. The quantitative estimate of drug-likeness (QED) is 0.669. The van der Waals surface area contributed by atoms with Gasteiger partial charge in [-0.25, -0.2) is 0 Å². The lowest BCUT2D eigenvalue weighted by Gasteiger charge is -2.30. The molecule has 20 heavy (non-hydrogen) atoms. The van der Waals surface area contributed by atoms with Gasteiger partial charge in [0.1, 0.15) is 5.69 Å². The molecule has 0 radical (unpaired) electrons. The van der Waals surface area contributed by atoms with Crippen LogP contribution in [0, 0.1) is 27.4 Å². The third-order valence-corrected chi connectivity index (χ3v) is 4.10. The molecule has 0 bridgehead atoms.